The van der Waals surface area contributed by atoms with Crippen LogP contribution in [0.15, 0.2) is 24.3 Å². The molecule has 0 aliphatic rings. The second-order valence-electron chi connectivity index (χ2n) is 4.14. The first-order valence-corrected chi connectivity index (χ1v) is 5.70. The lowest BCUT2D eigenvalue weighted by molar-refractivity contribution is 0.425. The Kier molecular flexibility index (Phi) is 5.19. The van der Waals surface area contributed by atoms with Crippen LogP contribution in [0.3, 0.4) is 0 Å². The standard InChI is InChI=1S/C13H22N2/c1-4-7-12-8-5-6-9-13(12)14-10-11-15(2)3/h5-6,8-9,14H,4,7,10-11H2,1-3H3. The zero-order valence-corrected chi connectivity index (χ0v) is 10.1. The Bertz CT molecular complexity index is 282. The predicted octanol–water partition coefficient (Wildman–Crippen LogP) is 2.61. The minimum atomic E-state index is 1.01. The van der Waals surface area contributed by atoms with E-state index in [1.165, 1.54) is 17.7 Å². The average Bonchev–Trinajstić information content (AvgIpc) is 2.20. The van der Waals surface area contributed by atoms with E-state index in [0.29, 0.717) is 0 Å². The second-order valence-corrected chi connectivity index (χ2v) is 4.14. The van der Waals surface area contributed by atoms with Gasteiger partial charge in [0.1, 0.15) is 0 Å². The third-order valence-corrected chi connectivity index (χ3v) is 2.41. The van der Waals surface area contributed by atoms with Crippen LogP contribution in [0.25, 0.3) is 0 Å². The summed E-state index contributed by atoms with van der Waals surface area (Å²) in [5.74, 6) is 0. The summed E-state index contributed by atoms with van der Waals surface area (Å²) in [5, 5.41) is 3.49. The average molecular weight is 206 g/mol. The van der Waals surface area contributed by atoms with E-state index < -0.39 is 0 Å². The maximum absolute atomic E-state index is 3.49. The van der Waals surface area contributed by atoms with Crippen molar-refractivity contribution < 1.29 is 0 Å². The van der Waals surface area contributed by atoms with Gasteiger partial charge in [0.25, 0.3) is 0 Å². The summed E-state index contributed by atoms with van der Waals surface area (Å²) in [6.45, 7) is 4.30. The van der Waals surface area contributed by atoms with Crippen molar-refractivity contribution in [2.24, 2.45) is 0 Å². The van der Waals surface area contributed by atoms with Gasteiger partial charge in [-0.15, -0.1) is 0 Å². The number of rotatable bonds is 6. The number of benzene rings is 1. The van der Waals surface area contributed by atoms with Crippen LogP contribution in [0, 0.1) is 0 Å². The highest BCUT2D eigenvalue weighted by Crippen LogP contribution is 2.16. The fourth-order valence-corrected chi connectivity index (χ4v) is 1.59. The van der Waals surface area contributed by atoms with Gasteiger partial charge < -0.3 is 10.2 Å². The van der Waals surface area contributed by atoms with Crippen LogP contribution in [0.2, 0.25) is 0 Å². The minimum Gasteiger partial charge on any atom is -0.384 e. The van der Waals surface area contributed by atoms with E-state index in [2.05, 4.69) is 55.5 Å². The topological polar surface area (TPSA) is 15.3 Å². The SMILES string of the molecule is CCCc1ccccc1NCCN(C)C. The molecule has 1 rings (SSSR count). The van der Waals surface area contributed by atoms with Gasteiger partial charge >= 0.3 is 0 Å². The van der Waals surface area contributed by atoms with Crippen LogP contribution in [-0.4, -0.2) is 32.1 Å². The number of para-hydroxylation sites is 1. The van der Waals surface area contributed by atoms with E-state index in [4.69, 9.17) is 0 Å². The van der Waals surface area contributed by atoms with Gasteiger partial charge in [0.05, 0.1) is 0 Å². The summed E-state index contributed by atoms with van der Waals surface area (Å²) < 4.78 is 0. The normalized spacial score (nSPS) is 10.7. The first-order chi connectivity index (χ1) is 7.24. The molecule has 0 spiro atoms. The number of hydrogen-bond acceptors (Lipinski definition) is 2. The molecule has 0 saturated heterocycles. The zero-order chi connectivity index (χ0) is 11.1. The third kappa shape index (κ3) is 4.34. The molecule has 1 aromatic rings. The molecule has 0 saturated carbocycles. The van der Waals surface area contributed by atoms with Gasteiger partial charge in [-0.3, -0.25) is 0 Å². The fourth-order valence-electron chi connectivity index (χ4n) is 1.59. The Morgan fingerprint density at radius 1 is 1.20 bits per heavy atom. The quantitative estimate of drug-likeness (QED) is 0.769. The highest BCUT2D eigenvalue weighted by Gasteiger charge is 1.99. The molecule has 1 aromatic carbocycles. The number of nitrogens with zero attached hydrogens (tertiary/aromatic N) is 1. The van der Waals surface area contributed by atoms with E-state index in [-0.39, 0.29) is 0 Å². The third-order valence-electron chi connectivity index (χ3n) is 2.41. The van der Waals surface area contributed by atoms with Crippen LogP contribution in [0.4, 0.5) is 5.69 Å². The summed E-state index contributed by atoms with van der Waals surface area (Å²) in [7, 11) is 4.19. The maximum atomic E-state index is 3.49. The molecule has 0 unspecified atom stereocenters. The summed E-state index contributed by atoms with van der Waals surface area (Å²) >= 11 is 0. The largest absolute Gasteiger partial charge is 0.384 e. The first-order valence-electron chi connectivity index (χ1n) is 5.70. The number of anilines is 1. The Morgan fingerprint density at radius 2 is 1.93 bits per heavy atom. The minimum absolute atomic E-state index is 1.01. The number of aryl methyl sites for hydroxylation is 1. The molecule has 1 N–H and O–H groups in total. The Labute approximate surface area is 93.3 Å². The van der Waals surface area contributed by atoms with Gasteiger partial charge in [-0.2, -0.15) is 0 Å². The van der Waals surface area contributed by atoms with Crippen molar-refractivity contribution in [3.05, 3.63) is 29.8 Å². The monoisotopic (exact) mass is 206 g/mol. The van der Waals surface area contributed by atoms with Crippen LogP contribution in [0.5, 0.6) is 0 Å². The molecule has 15 heavy (non-hydrogen) atoms. The Hall–Kier alpha value is -1.02. The molecule has 0 aliphatic heterocycles. The summed E-state index contributed by atoms with van der Waals surface area (Å²) in [5.41, 5.74) is 2.72. The fraction of sp³-hybridized carbons (Fsp3) is 0.538. The van der Waals surface area contributed by atoms with Crippen LogP contribution >= 0.6 is 0 Å². The molecule has 0 aromatic heterocycles. The van der Waals surface area contributed by atoms with Crippen LogP contribution in [-0.2, 0) is 6.42 Å². The molecule has 0 atom stereocenters. The van der Waals surface area contributed by atoms with Gasteiger partial charge in [-0.05, 0) is 32.1 Å². The van der Waals surface area contributed by atoms with Crippen molar-refractivity contribution in [1.82, 2.24) is 4.90 Å². The lowest BCUT2D eigenvalue weighted by atomic mass is 10.1. The van der Waals surface area contributed by atoms with Gasteiger partial charge in [0.2, 0.25) is 0 Å². The van der Waals surface area contributed by atoms with Crippen molar-refractivity contribution >= 4 is 5.69 Å². The molecule has 0 heterocycles. The lowest BCUT2D eigenvalue weighted by Crippen LogP contribution is -2.21. The highest BCUT2D eigenvalue weighted by atomic mass is 15.1. The molecule has 0 radical (unpaired) electrons. The number of hydrogen-bond donors (Lipinski definition) is 1. The lowest BCUT2D eigenvalue weighted by Gasteiger charge is -2.14. The van der Waals surface area contributed by atoms with E-state index in [1.807, 2.05) is 0 Å². The van der Waals surface area contributed by atoms with Crippen LogP contribution in [0.1, 0.15) is 18.9 Å². The van der Waals surface area contributed by atoms with Crippen molar-refractivity contribution in [1.29, 1.82) is 0 Å². The molecule has 0 amide bonds. The van der Waals surface area contributed by atoms with E-state index in [1.54, 1.807) is 0 Å². The van der Waals surface area contributed by atoms with Crippen molar-refractivity contribution in [3.8, 4) is 0 Å². The molecule has 0 fully saturated rings. The molecular weight excluding hydrogens is 184 g/mol. The Morgan fingerprint density at radius 3 is 2.60 bits per heavy atom. The number of likely N-dealkylation sites (N-methyl/N-ethyl adjacent to an activating group) is 1. The van der Waals surface area contributed by atoms with E-state index >= 15 is 0 Å². The number of nitrogens with one attached hydrogen (secondary N) is 1. The predicted molar refractivity (Wildman–Crippen MR) is 67.5 cm³/mol. The molecule has 0 bridgehead atoms. The molecule has 0 aliphatic carbocycles. The van der Waals surface area contributed by atoms with Gasteiger partial charge in [-0.1, -0.05) is 31.5 Å². The highest BCUT2D eigenvalue weighted by molar-refractivity contribution is 5.51. The Balaban J connectivity index is 2.51. The summed E-state index contributed by atoms with van der Waals surface area (Å²) in [4.78, 5) is 2.19. The zero-order valence-electron chi connectivity index (χ0n) is 10.1. The maximum Gasteiger partial charge on any atom is 0.0373 e. The molecular formula is C13H22N2. The molecule has 84 valence electrons. The second kappa shape index (κ2) is 6.46. The molecule has 2 heteroatoms. The van der Waals surface area contributed by atoms with Crippen molar-refractivity contribution in [2.45, 2.75) is 19.8 Å². The van der Waals surface area contributed by atoms with Crippen molar-refractivity contribution in [3.63, 3.8) is 0 Å². The van der Waals surface area contributed by atoms with Gasteiger partial charge in [0, 0.05) is 18.8 Å². The van der Waals surface area contributed by atoms with Crippen molar-refractivity contribution in [2.75, 3.05) is 32.5 Å². The smallest absolute Gasteiger partial charge is 0.0373 e. The summed E-state index contributed by atoms with van der Waals surface area (Å²) in [6.07, 6.45) is 2.36. The van der Waals surface area contributed by atoms with Gasteiger partial charge in [-0.25, -0.2) is 0 Å². The molecule has 2 nitrogen and oxygen atoms in total. The summed E-state index contributed by atoms with van der Waals surface area (Å²) in [6, 6.07) is 8.58. The van der Waals surface area contributed by atoms with E-state index in [9.17, 15) is 0 Å². The van der Waals surface area contributed by atoms with Crippen LogP contribution < -0.4 is 5.32 Å². The van der Waals surface area contributed by atoms with E-state index in [0.717, 1.165) is 19.5 Å². The first kappa shape index (κ1) is 12.1. The van der Waals surface area contributed by atoms with Gasteiger partial charge in [0.15, 0.2) is 0 Å².